The first-order valence-corrected chi connectivity index (χ1v) is 5.37. The highest BCUT2D eigenvalue weighted by Gasteiger charge is 2.08. The van der Waals surface area contributed by atoms with Crippen LogP contribution in [0.3, 0.4) is 0 Å². The Morgan fingerprint density at radius 2 is 1.93 bits per heavy atom. The van der Waals surface area contributed by atoms with E-state index in [9.17, 15) is 0 Å². The van der Waals surface area contributed by atoms with Gasteiger partial charge in [0.2, 0.25) is 0 Å². The molecule has 0 aromatic carbocycles. The van der Waals surface area contributed by atoms with Crippen molar-refractivity contribution in [3.8, 4) is 0 Å². The Bertz CT molecular complexity index is 320. The third-order valence-electron chi connectivity index (χ3n) is 2.12. The van der Waals surface area contributed by atoms with Crippen LogP contribution in [0.15, 0.2) is 6.07 Å². The standard InChI is InChI=1S/C11H20N4/c1-7(2)5-10-13-9(8(3)4)6-11(14-10)15-12/h6-8H,5,12H2,1-4H3,(H,13,14,15). The van der Waals surface area contributed by atoms with E-state index in [0.717, 1.165) is 17.9 Å². The highest BCUT2D eigenvalue weighted by molar-refractivity contribution is 5.35. The molecule has 0 saturated heterocycles. The minimum Gasteiger partial charge on any atom is -0.308 e. The van der Waals surface area contributed by atoms with E-state index in [4.69, 9.17) is 5.84 Å². The van der Waals surface area contributed by atoms with Gasteiger partial charge in [-0.15, -0.1) is 0 Å². The van der Waals surface area contributed by atoms with Crippen molar-refractivity contribution in [3.05, 3.63) is 17.6 Å². The van der Waals surface area contributed by atoms with Gasteiger partial charge in [-0.3, -0.25) is 0 Å². The molecule has 0 spiro atoms. The minimum atomic E-state index is 0.394. The van der Waals surface area contributed by atoms with Gasteiger partial charge in [-0.25, -0.2) is 15.8 Å². The van der Waals surface area contributed by atoms with Crippen molar-refractivity contribution < 1.29 is 0 Å². The van der Waals surface area contributed by atoms with Gasteiger partial charge in [0.1, 0.15) is 11.6 Å². The van der Waals surface area contributed by atoms with E-state index < -0.39 is 0 Å². The number of nitrogens with one attached hydrogen (secondary N) is 1. The molecular formula is C11H20N4. The maximum Gasteiger partial charge on any atom is 0.143 e. The zero-order chi connectivity index (χ0) is 11.4. The van der Waals surface area contributed by atoms with E-state index in [1.807, 2.05) is 6.07 Å². The lowest BCUT2D eigenvalue weighted by Crippen LogP contribution is -2.13. The van der Waals surface area contributed by atoms with Crippen LogP contribution < -0.4 is 11.3 Å². The Labute approximate surface area is 91.3 Å². The number of hydrazine groups is 1. The zero-order valence-corrected chi connectivity index (χ0v) is 9.91. The second-order valence-electron chi connectivity index (χ2n) is 4.49. The summed E-state index contributed by atoms with van der Waals surface area (Å²) in [7, 11) is 0. The first-order chi connectivity index (χ1) is 7.02. The summed E-state index contributed by atoms with van der Waals surface area (Å²) in [5, 5.41) is 0. The van der Waals surface area contributed by atoms with Crippen molar-refractivity contribution in [2.45, 2.75) is 40.0 Å². The molecule has 84 valence electrons. The van der Waals surface area contributed by atoms with Crippen LogP contribution in [0.4, 0.5) is 5.82 Å². The van der Waals surface area contributed by atoms with E-state index in [0.29, 0.717) is 17.7 Å². The molecule has 1 heterocycles. The van der Waals surface area contributed by atoms with Crippen molar-refractivity contribution in [2.75, 3.05) is 5.43 Å². The minimum absolute atomic E-state index is 0.394. The Hall–Kier alpha value is -1.16. The highest BCUT2D eigenvalue weighted by atomic mass is 15.3. The summed E-state index contributed by atoms with van der Waals surface area (Å²) in [5.41, 5.74) is 3.62. The quantitative estimate of drug-likeness (QED) is 0.587. The van der Waals surface area contributed by atoms with Crippen molar-refractivity contribution >= 4 is 5.82 Å². The molecule has 1 aromatic rings. The summed E-state index contributed by atoms with van der Waals surface area (Å²) >= 11 is 0. The summed E-state index contributed by atoms with van der Waals surface area (Å²) in [4.78, 5) is 8.84. The monoisotopic (exact) mass is 208 g/mol. The molecule has 4 heteroatoms. The van der Waals surface area contributed by atoms with Crippen LogP contribution in [0, 0.1) is 5.92 Å². The molecule has 1 aromatic heterocycles. The fraction of sp³-hybridized carbons (Fsp3) is 0.636. The number of nitrogens with two attached hydrogens (primary N) is 1. The summed E-state index contributed by atoms with van der Waals surface area (Å²) in [6.07, 6.45) is 0.884. The summed E-state index contributed by atoms with van der Waals surface area (Å²) < 4.78 is 0. The summed E-state index contributed by atoms with van der Waals surface area (Å²) in [6.45, 7) is 8.53. The highest BCUT2D eigenvalue weighted by Crippen LogP contribution is 2.16. The number of hydrogen-bond donors (Lipinski definition) is 2. The smallest absolute Gasteiger partial charge is 0.143 e. The average molecular weight is 208 g/mol. The molecular weight excluding hydrogens is 188 g/mol. The average Bonchev–Trinajstić information content (AvgIpc) is 2.16. The van der Waals surface area contributed by atoms with Crippen molar-refractivity contribution in [2.24, 2.45) is 11.8 Å². The van der Waals surface area contributed by atoms with Gasteiger partial charge in [0, 0.05) is 18.2 Å². The second-order valence-corrected chi connectivity index (χ2v) is 4.49. The molecule has 0 saturated carbocycles. The molecule has 15 heavy (non-hydrogen) atoms. The lowest BCUT2D eigenvalue weighted by molar-refractivity contribution is 0.615. The van der Waals surface area contributed by atoms with E-state index >= 15 is 0 Å². The number of nitrogen functional groups attached to an aromatic ring is 1. The number of anilines is 1. The van der Waals surface area contributed by atoms with Crippen molar-refractivity contribution in [1.82, 2.24) is 9.97 Å². The van der Waals surface area contributed by atoms with Crippen molar-refractivity contribution in [1.29, 1.82) is 0 Å². The summed E-state index contributed by atoms with van der Waals surface area (Å²) in [6, 6.07) is 1.90. The van der Waals surface area contributed by atoms with Crippen LogP contribution in [0.1, 0.15) is 45.1 Å². The molecule has 3 N–H and O–H groups in total. The molecule has 0 unspecified atom stereocenters. The number of hydrogen-bond acceptors (Lipinski definition) is 4. The van der Waals surface area contributed by atoms with E-state index in [1.54, 1.807) is 0 Å². The molecule has 0 aliphatic rings. The Morgan fingerprint density at radius 1 is 1.27 bits per heavy atom. The van der Waals surface area contributed by atoms with Gasteiger partial charge in [-0.05, 0) is 11.8 Å². The predicted octanol–water partition coefficient (Wildman–Crippen LogP) is 2.08. The van der Waals surface area contributed by atoms with Crippen molar-refractivity contribution in [3.63, 3.8) is 0 Å². The van der Waals surface area contributed by atoms with Gasteiger partial charge in [-0.2, -0.15) is 0 Å². The van der Waals surface area contributed by atoms with Crippen LogP contribution in [0.5, 0.6) is 0 Å². The van der Waals surface area contributed by atoms with Crippen LogP contribution >= 0.6 is 0 Å². The first kappa shape index (κ1) is 11.9. The van der Waals surface area contributed by atoms with Crippen LogP contribution in [0.2, 0.25) is 0 Å². The number of nitrogens with zero attached hydrogens (tertiary/aromatic N) is 2. The normalized spacial score (nSPS) is 11.1. The number of rotatable bonds is 4. The summed E-state index contributed by atoms with van der Waals surface area (Å²) in [5.74, 6) is 7.89. The van der Waals surface area contributed by atoms with Gasteiger partial charge in [0.25, 0.3) is 0 Å². The lowest BCUT2D eigenvalue weighted by Gasteiger charge is -2.10. The SMILES string of the molecule is CC(C)Cc1nc(NN)cc(C(C)C)n1. The fourth-order valence-corrected chi connectivity index (χ4v) is 1.34. The zero-order valence-electron chi connectivity index (χ0n) is 9.91. The topological polar surface area (TPSA) is 63.8 Å². The first-order valence-electron chi connectivity index (χ1n) is 5.37. The molecule has 0 fully saturated rings. The molecule has 0 aliphatic carbocycles. The van der Waals surface area contributed by atoms with Gasteiger partial charge in [-0.1, -0.05) is 27.7 Å². The van der Waals surface area contributed by atoms with E-state index in [-0.39, 0.29) is 0 Å². The van der Waals surface area contributed by atoms with Crippen LogP contribution in [0.25, 0.3) is 0 Å². The van der Waals surface area contributed by atoms with E-state index in [1.165, 1.54) is 0 Å². The largest absolute Gasteiger partial charge is 0.308 e. The third kappa shape index (κ3) is 3.47. The number of aromatic nitrogens is 2. The van der Waals surface area contributed by atoms with Crippen LogP contribution in [-0.4, -0.2) is 9.97 Å². The Balaban J connectivity index is 3.00. The maximum absolute atomic E-state index is 5.38. The van der Waals surface area contributed by atoms with Gasteiger partial charge in [0.15, 0.2) is 0 Å². The van der Waals surface area contributed by atoms with Gasteiger partial charge in [0.05, 0.1) is 0 Å². The molecule has 4 nitrogen and oxygen atoms in total. The maximum atomic E-state index is 5.38. The third-order valence-corrected chi connectivity index (χ3v) is 2.12. The molecule has 0 atom stereocenters. The lowest BCUT2D eigenvalue weighted by atomic mass is 10.1. The Morgan fingerprint density at radius 3 is 2.40 bits per heavy atom. The van der Waals surface area contributed by atoms with Gasteiger partial charge >= 0.3 is 0 Å². The molecule has 0 radical (unpaired) electrons. The van der Waals surface area contributed by atoms with Crippen LogP contribution in [-0.2, 0) is 6.42 Å². The van der Waals surface area contributed by atoms with E-state index in [2.05, 4.69) is 43.1 Å². The van der Waals surface area contributed by atoms with Gasteiger partial charge < -0.3 is 5.43 Å². The molecule has 1 rings (SSSR count). The Kier molecular flexibility index (Phi) is 4.03. The second kappa shape index (κ2) is 5.07. The molecule has 0 aliphatic heterocycles. The molecule has 0 bridgehead atoms. The molecule has 0 amide bonds. The fourth-order valence-electron chi connectivity index (χ4n) is 1.34. The predicted molar refractivity (Wildman–Crippen MR) is 62.5 cm³/mol.